The number of nitrogens with zero attached hydrogens (tertiary/aromatic N) is 3. The largest absolute Gasteiger partial charge is 0.347 e. The van der Waals surface area contributed by atoms with E-state index in [1.54, 1.807) is 0 Å². The Kier molecular flexibility index (Phi) is 6.72. The number of aromatic nitrogens is 2. The van der Waals surface area contributed by atoms with Crippen molar-refractivity contribution in [2.24, 2.45) is 5.92 Å². The summed E-state index contributed by atoms with van der Waals surface area (Å²) in [4.78, 5) is 4.11. The van der Waals surface area contributed by atoms with Crippen molar-refractivity contribution >= 4 is 21.1 Å². The Balaban J connectivity index is 1.84. The van der Waals surface area contributed by atoms with Crippen LogP contribution < -0.4 is 4.72 Å². The maximum absolute atomic E-state index is 11.9. The fourth-order valence-electron chi connectivity index (χ4n) is 3.44. The van der Waals surface area contributed by atoms with Crippen molar-refractivity contribution < 1.29 is 8.42 Å². The van der Waals surface area contributed by atoms with E-state index in [0.29, 0.717) is 12.5 Å². The highest BCUT2D eigenvalue weighted by atomic mass is 32.2. The lowest BCUT2D eigenvalue weighted by atomic mass is 10.0. The highest BCUT2D eigenvalue weighted by Gasteiger charge is 2.14. The fraction of sp³-hybridized carbons (Fsp3) is 0.409. The Hall–Kier alpha value is -2.22. The minimum absolute atomic E-state index is 0.423. The van der Waals surface area contributed by atoms with Crippen LogP contribution in [0.3, 0.4) is 0 Å². The average Bonchev–Trinajstić information content (AvgIpc) is 3.02. The molecule has 0 aliphatic rings. The van der Waals surface area contributed by atoms with Crippen molar-refractivity contribution in [3.05, 3.63) is 54.5 Å². The van der Waals surface area contributed by atoms with E-state index in [-0.39, 0.29) is 0 Å². The summed E-state index contributed by atoms with van der Waals surface area (Å²) in [5.41, 5.74) is 4.80. The molecular formula is C22H30N4O2S. The second-order valence-corrected chi connectivity index (χ2v) is 9.92. The van der Waals surface area contributed by atoms with Crippen LogP contribution in [0.5, 0.6) is 0 Å². The lowest BCUT2D eigenvalue weighted by Gasteiger charge is -2.11. The highest BCUT2D eigenvalue weighted by molar-refractivity contribution is 7.87. The third-order valence-corrected chi connectivity index (χ3v) is 6.46. The molecule has 156 valence electrons. The summed E-state index contributed by atoms with van der Waals surface area (Å²) in [6.45, 7) is 5.80. The first-order chi connectivity index (χ1) is 13.8. The molecule has 0 bridgehead atoms. The molecule has 3 rings (SSSR count). The van der Waals surface area contributed by atoms with Gasteiger partial charge in [-0.2, -0.15) is 12.7 Å². The van der Waals surface area contributed by atoms with Crippen LogP contribution in [0.2, 0.25) is 0 Å². The fourth-order valence-corrected chi connectivity index (χ4v) is 4.11. The summed E-state index contributed by atoms with van der Waals surface area (Å²) in [5, 5.41) is 1.24. The zero-order valence-electron chi connectivity index (χ0n) is 17.6. The molecule has 0 spiro atoms. The van der Waals surface area contributed by atoms with Gasteiger partial charge in [-0.3, -0.25) is 4.98 Å². The number of hydrogen-bond acceptors (Lipinski definition) is 3. The topological polar surface area (TPSA) is 67.2 Å². The zero-order chi connectivity index (χ0) is 21.0. The Morgan fingerprint density at radius 1 is 1.10 bits per heavy atom. The number of rotatable bonds is 9. The molecule has 0 aliphatic carbocycles. The van der Waals surface area contributed by atoms with E-state index in [1.165, 1.54) is 40.4 Å². The molecule has 0 atom stereocenters. The van der Waals surface area contributed by atoms with Gasteiger partial charge >= 0.3 is 0 Å². The van der Waals surface area contributed by atoms with Crippen LogP contribution in [-0.4, -0.2) is 42.9 Å². The van der Waals surface area contributed by atoms with Gasteiger partial charge in [0.25, 0.3) is 10.2 Å². The summed E-state index contributed by atoms with van der Waals surface area (Å²) in [6, 6.07) is 10.6. The van der Waals surface area contributed by atoms with Gasteiger partial charge in [0.15, 0.2) is 0 Å². The molecule has 3 aromatic rings. The van der Waals surface area contributed by atoms with E-state index in [9.17, 15) is 8.42 Å². The van der Waals surface area contributed by atoms with Crippen molar-refractivity contribution in [1.82, 2.24) is 18.6 Å². The molecule has 0 radical (unpaired) electrons. The van der Waals surface area contributed by atoms with Gasteiger partial charge in [-0.05, 0) is 53.6 Å². The highest BCUT2D eigenvalue weighted by Crippen LogP contribution is 2.29. The number of pyridine rings is 1. The standard InChI is InChI=1S/C22H30N4O2S/c1-17(2)15-26-16-20(6-5-11-24-29(27,28)25(3)4)21-8-7-19(14-22(21)26)18-9-12-23-13-10-18/h7-10,12-14,16-17,24H,5-6,11,15H2,1-4H3. The van der Waals surface area contributed by atoms with Crippen LogP contribution in [-0.2, 0) is 23.2 Å². The van der Waals surface area contributed by atoms with Crippen molar-refractivity contribution in [1.29, 1.82) is 0 Å². The molecule has 0 saturated heterocycles. The molecule has 0 amide bonds. The maximum atomic E-state index is 11.9. The second kappa shape index (κ2) is 9.07. The third-order valence-electron chi connectivity index (χ3n) is 4.93. The predicted octanol–water partition coefficient (Wildman–Crippen LogP) is 3.69. The Labute approximate surface area is 173 Å². The molecule has 0 saturated carbocycles. The lowest BCUT2D eigenvalue weighted by molar-refractivity contribution is 0.504. The predicted molar refractivity (Wildman–Crippen MR) is 119 cm³/mol. The molecule has 29 heavy (non-hydrogen) atoms. The molecule has 2 aromatic heterocycles. The van der Waals surface area contributed by atoms with Gasteiger partial charge in [-0.25, -0.2) is 4.72 Å². The monoisotopic (exact) mass is 414 g/mol. The smallest absolute Gasteiger partial charge is 0.278 e. The Bertz CT molecular complexity index is 1060. The molecule has 0 fully saturated rings. The van der Waals surface area contributed by atoms with Crippen molar-refractivity contribution in [3.63, 3.8) is 0 Å². The lowest BCUT2D eigenvalue weighted by Crippen LogP contribution is -2.36. The SMILES string of the molecule is CC(C)Cn1cc(CCCNS(=O)(=O)N(C)C)c2ccc(-c3ccncc3)cc21. The number of aryl methyl sites for hydroxylation is 1. The normalized spacial score (nSPS) is 12.3. The van der Waals surface area contributed by atoms with Gasteiger partial charge in [0.05, 0.1) is 0 Å². The number of hydrogen-bond donors (Lipinski definition) is 1. The Morgan fingerprint density at radius 3 is 2.48 bits per heavy atom. The molecule has 1 N–H and O–H groups in total. The number of benzene rings is 1. The molecule has 6 nitrogen and oxygen atoms in total. The van der Waals surface area contributed by atoms with E-state index < -0.39 is 10.2 Å². The van der Waals surface area contributed by atoms with Crippen LogP contribution in [0.15, 0.2) is 48.9 Å². The van der Waals surface area contributed by atoms with Gasteiger partial charge in [0.2, 0.25) is 0 Å². The van der Waals surface area contributed by atoms with Crippen molar-refractivity contribution in [3.8, 4) is 11.1 Å². The minimum atomic E-state index is -3.37. The van der Waals surface area contributed by atoms with Crippen molar-refractivity contribution in [2.45, 2.75) is 33.2 Å². The van der Waals surface area contributed by atoms with E-state index in [1.807, 2.05) is 24.5 Å². The second-order valence-electron chi connectivity index (χ2n) is 7.95. The van der Waals surface area contributed by atoms with E-state index in [0.717, 1.165) is 24.9 Å². The summed E-state index contributed by atoms with van der Waals surface area (Å²) >= 11 is 0. The van der Waals surface area contributed by atoms with Gasteiger partial charge in [-0.15, -0.1) is 0 Å². The van der Waals surface area contributed by atoms with Crippen LogP contribution >= 0.6 is 0 Å². The van der Waals surface area contributed by atoms with Crippen molar-refractivity contribution in [2.75, 3.05) is 20.6 Å². The van der Waals surface area contributed by atoms with Gasteiger partial charge < -0.3 is 4.57 Å². The first-order valence-corrected chi connectivity index (χ1v) is 11.4. The average molecular weight is 415 g/mol. The molecule has 0 aliphatic heterocycles. The van der Waals surface area contributed by atoms with Crippen LogP contribution in [0, 0.1) is 5.92 Å². The maximum Gasteiger partial charge on any atom is 0.278 e. The van der Waals surface area contributed by atoms with Gasteiger partial charge in [0, 0.05) is 56.7 Å². The quantitative estimate of drug-likeness (QED) is 0.543. The summed E-state index contributed by atoms with van der Waals surface area (Å²) in [5.74, 6) is 0.537. The molecule has 1 aromatic carbocycles. The van der Waals surface area contributed by atoms with Crippen LogP contribution in [0.25, 0.3) is 22.0 Å². The molecule has 7 heteroatoms. The summed E-state index contributed by atoms with van der Waals surface area (Å²) in [7, 11) is -0.309. The first-order valence-electron chi connectivity index (χ1n) is 9.97. The minimum Gasteiger partial charge on any atom is -0.347 e. The zero-order valence-corrected chi connectivity index (χ0v) is 18.4. The summed E-state index contributed by atoms with van der Waals surface area (Å²) in [6.07, 6.45) is 7.42. The van der Waals surface area contributed by atoms with Crippen LogP contribution in [0.4, 0.5) is 0 Å². The molecule has 0 unspecified atom stereocenters. The molecule has 2 heterocycles. The number of nitrogens with one attached hydrogen (secondary N) is 1. The third kappa shape index (κ3) is 5.23. The number of fused-ring (bicyclic) bond motifs is 1. The van der Waals surface area contributed by atoms with E-state index >= 15 is 0 Å². The van der Waals surface area contributed by atoms with Gasteiger partial charge in [-0.1, -0.05) is 26.0 Å². The van der Waals surface area contributed by atoms with E-state index in [4.69, 9.17) is 0 Å². The van der Waals surface area contributed by atoms with E-state index in [2.05, 4.69) is 52.5 Å². The molecular weight excluding hydrogens is 384 g/mol. The van der Waals surface area contributed by atoms with Gasteiger partial charge in [0.1, 0.15) is 0 Å². The first kappa shape index (κ1) is 21.5. The van der Waals surface area contributed by atoms with Crippen LogP contribution in [0.1, 0.15) is 25.8 Å². The summed E-state index contributed by atoms with van der Waals surface area (Å²) < 4.78 is 29.9. The Morgan fingerprint density at radius 2 is 1.83 bits per heavy atom.